The number of hydrogen-bond acceptors (Lipinski definition) is 4. The maximum Gasteiger partial charge on any atom is 0.251 e. The Kier molecular flexibility index (Phi) is 4.28. The molecule has 5 nitrogen and oxygen atoms in total. The highest BCUT2D eigenvalue weighted by Crippen LogP contribution is 2.20. The molecule has 0 radical (unpaired) electrons. The van der Waals surface area contributed by atoms with E-state index in [0.717, 1.165) is 11.3 Å². The maximum atomic E-state index is 12.3. The van der Waals surface area contributed by atoms with Crippen LogP contribution < -0.4 is 10.1 Å². The Morgan fingerprint density at radius 1 is 1.22 bits per heavy atom. The van der Waals surface area contributed by atoms with Crippen molar-refractivity contribution in [1.29, 1.82) is 0 Å². The average molecular weight is 310 g/mol. The smallest absolute Gasteiger partial charge is 0.251 e. The van der Waals surface area contributed by atoms with Crippen molar-refractivity contribution in [1.82, 2.24) is 10.3 Å². The highest BCUT2D eigenvalue weighted by Gasteiger charge is 2.16. The van der Waals surface area contributed by atoms with E-state index in [1.807, 2.05) is 38.1 Å². The lowest BCUT2D eigenvalue weighted by Gasteiger charge is -2.10. The molecule has 2 aromatic carbocycles. The predicted octanol–water partition coefficient (Wildman–Crippen LogP) is 3.72. The van der Waals surface area contributed by atoms with Gasteiger partial charge in [0.2, 0.25) is 5.89 Å². The Morgan fingerprint density at radius 2 is 1.96 bits per heavy atom. The second-order valence-electron chi connectivity index (χ2n) is 5.17. The molecule has 0 bridgehead atoms. The minimum atomic E-state index is -0.318. The lowest BCUT2D eigenvalue weighted by molar-refractivity contribution is 0.0934. The highest BCUT2D eigenvalue weighted by atomic mass is 16.5. The van der Waals surface area contributed by atoms with E-state index in [0.29, 0.717) is 23.6 Å². The van der Waals surface area contributed by atoms with Crippen molar-refractivity contribution >= 4 is 17.0 Å². The predicted molar refractivity (Wildman–Crippen MR) is 87.5 cm³/mol. The number of rotatable bonds is 5. The van der Waals surface area contributed by atoms with Gasteiger partial charge in [0.15, 0.2) is 5.58 Å². The third-order valence-electron chi connectivity index (χ3n) is 3.46. The Bertz CT molecular complexity index is 776. The minimum absolute atomic E-state index is 0.178. The molecule has 0 saturated heterocycles. The molecule has 1 aromatic heterocycles. The van der Waals surface area contributed by atoms with Crippen LogP contribution in [0.3, 0.4) is 0 Å². The number of para-hydroxylation sites is 2. The molecule has 1 atom stereocenters. The van der Waals surface area contributed by atoms with Crippen LogP contribution in [0.5, 0.6) is 5.75 Å². The summed E-state index contributed by atoms with van der Waals surface area (Å²) in [6, 6.07) is 14.2. The number of carbonyl (C=O) groups is 1. The van der Waals surface area contributed by atoms with Crippen molar-refractivity contribution in [3.8, 4) is 5.75 Å². The minimum Gasteiger partial charge on any atom is -0.494 e. The third-order valence-corrected chi connectivity index (χ3v) is 3.46. The van der Waals surface area contributed by atoms with Crippen LogP contribution in [-0.4, -0.2) is 17.5 Å². The lowest BCUT2D eigenvalue weighted by Crippen LogP contribution is -2.26. The van der Waals surface area contributed by atoms with E-state index in [1.165, 1.54) is 0 Å². The second-order valence-corrected chi connectivity index (χ2v) is 5.17. The zero-order valence-electron chi connectivity index (χ0n) is 13.1. The van der Waals surface area contributed by atoms with Crippen LogP contribution in [0.15, 0.2) is 52.9 Å². The van der Waals surface area contributed by atoms with Gasteiger partial charge in [0.05, 0.1) is 6.61 Å². The van der Waals surface area contributed by atoms with Gasteiger partial charge >= 0.3 is 0 Å². The maximum absolute atomic E-state index is 12.3. The van der Waals surface area contributed by atoms with Crippen LogP contribution in [0.1, 0.15) is 36.1 Å². The average Bonchev–Trinajstić information content (AvgIpc) is 3.00. The molecule has 0 fully saturated rings. The summed E-state index contributed by atoms with van der Waals surface area (Å²) in [6.45, 7) is 4.36. The molecule has 0 aliphatic carbocycles. The number of fused-ring (bicyclic) bond motifs is 1. The van der Waals surface area contributed by atoms with Gasteiger partial charge in [-0.05, 0) is 50.2 Å². The normalized spacial score (nSPS) is 12.1. The van der Waals surface area contributed by atoms with Gasteiger partial charge < -0.3 is 14.5 Å². The number of benzene rings is 2. The standard InChI is InChI=1S/C18H18N2O3/c1-3-22-14-10-8-13(9-11-14)17(21)19-12(2)18-20-15-6-4-5-7-16(15)23-18/h4-12H,3H2,1-2H3,(H,19,21). The number of ether oxygens (including phenoxy) is 1. The summed E-state index contributed by atoms with van der Waals surface area (Å²) in [6.07, 6.45) is 0. The zero-order chi connectivity index (χ0) is 16.2. The van der Waals surface area contributed by atoms with Gasteiger partial charge in [-0.15, -0.1) is 0 Å². The van der Waals surface area contributed by atoms with E-state index in [1.54, 1.807) is 24.3 Å². The van der Waals surface area contributed by atoms with Crippen LogP contribution in [0, 0.1) is 0 Å². The quantitative estimate of drug-likeness (QED) is 0.780. The Labute approximate surface area is 134 Å². The van der Waals surface area contributed by atoms with Gasteiger partial charge in [0.25, 0.3) is 5.91 Å². The number of amides is 1. The number of carbonyl (C=O) groups excluding carboxylic acids is 1. The summed E-state index contributed by atoms with van der Waals surface area (Å²) < 4.78 is 11.0. The number of nitrogens with zero attached hydrogens (tertiary/aromatic N) is 1. The number of hydrogen-bond donors (Lipinski definition) is 1. The number of aromatic nitrogens is 1. The van der Waals surface area contributed by atoms with Crippen molar-refractivity contribution in [2.45, 2.75) is 19.9 Å². The third kappa shape index (κ3) is 3.34. The summed E-state index contributed by atoms with van der Waals surface area (Å²) in [5.74, 6) is 1.06. The first-order valence-corrected chi connectivity index (χ1v) is 7.56. The molecular weight excluding hydrogens is 292 g/mol. The summed E-state index contributed by atoms with van der Waals surface area (Å²) in [5, 5.41) is 2.89. The van der Waals surface area contributed by atoms with Gasteiger partial charge in [-0.3, -0.25) is 4.79 Å². The topological polar surface area (TPSA) is 64.4 Å². The van der Waals surface area contributed by atoms with Gasteiger partial charge in [-0.1, -0.05) is 12.1 Å². The fourth-order valence-corrected chi connectivity index (χ4v) is 2.29. The molecule has 5 heteroatoms. The Hall–Kier alpha value is -2.82. The molecular formula is C18H18N2O3. The molecule has 0 saturated carbocycles. The van der Waals surface area contributed by atoms with Gasteiger partial charge in [0, 0.05) is 5.56 Å². The molecule has 0 aliphatic heterocycles. The summed E-state index contributed by atoms with van der Waals surface area (Å²) in [7, 11) is 0. The molecule has 1 amide bonds. The van der Waals surface area contributed by atoms with Gasteiger partial charge in [-0.25, -0.2) is 4.98 Å². The monoisotopic (exact) mass is 310 g/mol. The van der Waals surface area contributed by atoms with Crippen molar-refractivity contribution in [2.24, 2.45) is 0 Å². The molecule has 118 valence electrons. The molecule has 3 aromatic rings. The molecule has 1 heterocycles. The van der Waals surface area contributed by atoms with Gasteiger partial charge in [-0.2, -0.15) is 0 Å². The van der Waals surface area contributed by atoms with E-state index in [-0.39, 0.29) is 11.9 Å². The molecule has 0 aliphatic rings. The van der Waals surface area contributed by atoms with Crippen molar-refractivity contribution in [3.63, 3.8) is 0 Å². The van der Waals surface area contributed by atoms with Crippen LogP contribution >= 0.6 is 0 Å². The van der Waals surface area contributed by atoms with E-state index >= 15 is 0 Å². The first-order valence-electron chi connectivity index (χ1n) is 7.56. The van der Waals surface area contributed by atoms with E-state index < -0.39 is 0 Å². The van der Waals surface area contributed by atoms with Crippen LogP contribution in [-0.2, 0) is 0 Å². The largest absolute Gasteiger partial charge is 0.494 e. The molecule has 0 spiro atoms. The van der Waals surface area contributed by atoms with Crippen molar-refractivity contribution < 1.29 is 13.9 Å². The SMILES string of the molecule is CCOc1ccc(C(=O)NC(C)c2nc3ccccc3o2)cc1. The summed E-state index contributed by atoms with van der Waals surface area (Å²) in [4.78, 5) is 16.7. The zero-order valence-corrected chi connectivity index (χ0v) is 13.1. The second kappa shape index (κ2) is 6.52. The highest BCUT2D eigenvalue weighted by molar-refractivity contribution is 5.94. The van der Waals surface area contributed by atoms with E-state index in [9.17, 15) is 4.79 Å². The molecule has 23 heavy (non-hydrogen) atoms. The van der Waals surface area contributed by atoms with Crippen LogP contribution in [0.4, 0.5) is 0 Å². The van der Waals surface area contributed by atoms with E-state index in [2.05, 4.69) is 10.3 Å². The fraction of sp³-hybridized carbons (Fsp3) is 0.222. The van der Waals surface area contributed by atoms with Gasteiger partial charge in [0.1, 0.15) is 17.3 Å². The van der Waals surface area contributed by atoms with Crippen molar-refractivity contribution in [3.05, 3.63) is 60.0 Å². The number of oxazole rings is 1. The molecule has 1 unspecified atom stereocenters. The first kappa shape index (κ1) is 15.1. The van der Waals surface area contributed by atoms with Crippen LogP contribution in [0.2, 0.25) is 0 Å². The number of nitrogens with one attached hydrogen (secondary N) is 1. The summed E-state index contributed by atoms with van der Waals surface area (Å²) >= 11 is 0. The Balaban J connectivity index is 1.71. The molecule has 3 rings (SSSR count). The fourth-order valence-electron chi connectivity index (χ4n) is 2.29. The molecule has 1 N–H and O–H groups in total. The van der Waals surface area contributed by atoms with E-state index in [4.69, 9.17) is 9.15 Å². The first-order chi connectivity index (χ1) is 11.2. The van der Waals surface area contributed by atoms with Crippen molar-refractivity contribution in [2.75, 3.05) is 6.61 Å². The summed E-state index contributed by atoms with van der Waals surface area (Å²) in [5.41, 5.74) is 2.06. The Morgan fingerprint density at radius 3 is 2.65 bits per heavy atom. The lowest BCUT2D eigenvalue weighted by atomic mass is 10.2. The van der Waals surface area contributed by atoms with Crippen LogP contribution in [0.25, 0.3) is 11.1 Å².